The highest BCUT2D eigenvalue weighted by atomic mass is 16.5. The summed E-state index contributed by atoms with van der Waals surface area (Å²) in [4.78, 5) is 18.5. The van der Waals surface area contributed by atoms with Crippen LogP contribution in [0.1, 0.15) is 18.4 Å². The summed E-state index contributed by atoms with van der Waals surface area (Å²) in [6, 6.07) is 7.44. The van der Waals surface area contributed by atoms with E-state index in [1.807, 2.05) is 30.6 Å². The predicted molar refractivity (Wildman–Crippen MR) is 93.6 cm³/mol. The average Bonchev–Trinajstić information content (AvgIpc) is 3.08. The van der Waals surface area contributed by atoms with Crippen LogP contribution in [0.4, 0.5) is 0 Å². The third kappa shape index (κ3) is 3.56. The number of nitrogens with zero attached hydrogens (tertiary/aromatic N) is 5. The van der Waals surface area contributed by atoms with Gasteiger partial charge in [0, 0.05) is 57.3 Å². The molecular weight excluding hydrogens is 318 g/mol. The molecule has 0 unspecified atom stereocenters. The third-order valence-corrected chi connectivity index (χ3v) is 4.63. The molecule has 0 aromatic carbocycles. The lowest BCUT2D eigenvalue weighted by Crippen LogP contribution is -2.38. The molecule has 4 rings (SSSR count). The Labute approximate surface area is 145 Å². The third-order valence-electron chi connectivity index (χ3n) is 4.63. The van der Waals surface area contributed by atoms with Crippen molar-refractivity contribution in [3.8, 4) is 5.88 Å². The van der Waals surface area contributed by atoms with Gasteiger partial charge in [0.1, 0.15) is 6.10 Å². The van der Waals surface area contributed by atoms with E-state index in [-0.39, 0.29) is 11.7 Å². The Morgan fingerprint density at radius 3 is 2.84 bits per heavy atom. The van der Waals surface area contributed by atoms with Gasteiger partial charge in [-0.15, -0.1) is 0 Å². The van der Waals surface area contributed by atoms with Crippen molar-refractivity contribution in [3.63, 3.8) is 0 Å². The molecule has 3 aromatic rings. The Morgan fingerprint density at radius 1 is 1.20 bits per heavy atom. The second-order valence-electron chi connectivity index (χ2n) is 6.48. The van der Waals surface area contributed by atoms with Crippen LogP contribution in [-0.2, 0) is 13.6 Å². The molecule has 3 aromatic heterocycles. The maximum Gasteiger partial charge on any atom is 0.250 e. The van der Waals surface area contributed by atoms with E-state index in [1.54, 1.807) is 28.4 Å². The zero-order valence-electron chi connectivity index (χ0n) is 14.2. The molecule has 1 saturated heterocycles. The predicted octanol–water partition coefficient (Wildman–Crippen LogP) is 1.47. The van der Waals surface area contributed by atoms with E-state index in [2.05, 4.69) is 15.0 Å². The maximum atomic E-state index is 11.7. The summed E-state index contributed by atoms with van der Waals surface area (Å²) < 4.78 is 9.35. The summed E-state index contributed by atoms with van der Waals surface area (Å²) in [5.74, 6) is 0.651. The zero-order valence-corrected chi connectivity index (χ0v) is 14.2. The quantitative estimate of drug-likeness (QED) is 0.720. The highest BCUT2D eigenvalue weighted by Crippen LogP contribution is 2.19. The van der Waals surface area contributed by atoms with Crippen LogP contribution in [-0.4, -0.2) is 43.3 Å². The molecule has 0 amide bonds. The SMILES string of the molecule is Cn1ccc(CN2CCC(Oc3ccn4nccc4n3)CC2)cc1=O. The molecule has 0 atom stereocenters. The number of fused-ring (bicyclic) bond motifs is 1. The van der Waals surface area contributed by atoms with Crippen molar-refractivity contribution in [2.24, 2.45) is 7.05 Å². The van der Waals surface area contributed by atoms with Gasteiger partial charge in [-0.05, 0) is 24.5 Å². The number of aryl methyl sites for hydroxylation is 1. The van der Waals surface area contributed by atoms with Gasteiger partial charge in [-0.3, -0.25) is 9.69 Å². The van der Waals surface area contributed by atoms with Crippen molar-refractivity contribution in [1.29, 1.82) is 0 Å². The molecule has 0 aliphatic carbocycles. The van der Waals surface area contributed by atoms with E-state index in [0.717, 1.165) is 43.7 Å². The van der Waals surface area contributed by atoms with Crippen molar-refractivity contribution in [1.82, 2.24) is 24.1 Å². The van der Waals surface area contributed by atoms with Gasteiger partial charge >= 0.3 is 0 Å². The van der Waals surface area contributed by atoms with Gasteiger partial charge in [-0.25, -0.2) is 4.52 Å². The molecule has 7 nitrogen and oxygen atoms in total. The minimum absolute atomic E-state index is 0.0389. The lowest BCUT2D eigenvalue weighted by atomic mass is 10.1. The van der Waals surface area contributed by atoms with Crippen LogP contribution >= 0.6 is 0 Å². The summed E-state index contributed by atoms with van der Waals surface area (Å²) >= 11 is 0. The van der Waals surface area contributed by atoms with Crippen LogP contribution in [0.5, 0.6) is 5.88 Å². The van der Waals surface area contributed by atoms with Crippen molar-refractivity contribution >= 4 is 5.65 Å². The number of piperidine rings is 1. The van der Waals surface area contributed by atoms with Gasteiger partial charge in [-0.1, -0.05) is 0 Å². The van der Waals surface area contributed by atoms with Gasteiger partial charge in [0.25, 0.3) is 5.56 Å². The second kappa shape index (κ2) is 6.68. The molecule has 4 heterocycles. The van der Waals surface area contributed by atoms with Crippen LogP contribution in [0, 0.1) is 0 Å². The highest BCUT2D eigenvalue weighted by Gasteiger charge is 2.21. The van der Waals surface area contributed by atoms with Crippen LogP contribution in [0.15, 0.2) is 47.7 Å². The minimum Gasteiger partial charge on any atom is -0.474 e. The molecule has 0 spiro atoms. The number of ether oxygens (including phenoxy) is 1. The Hall–Kier alpha value is -2.67. The Balaban J connectivity index is 1.33. The molecule has 130 valence electrons. The lowest BCUT2D eigenvalue weighted by Gasteiger charge is -2.31. The first-order valence-corrected chi connectivity index (χ1v) is 8.52. The average molecular weight is 339 g/mol. The summed E-state index contributed by atoms with van der Waals surface area (Å²) in [6.45, 7) is 2.71. The maximum absolute atomic E-state index is 11.7. The summed E-state index contributed by atoms with van der Waals surface area (Å²) in [5.41, 5.74) is 1.90. The monoisotopic (exact) mass is 339 g/mol. The molecule has 7 heteroatoms. The number of likely N-dealkylation sites (tertiary alicyclic amines) is 1. The van der Waals surface area contributed by atoms with Crippen molar-refractivity contribution in [3.05, 3.63) is 58.8 Å². The van der Waals surface area contributed by atoms with Crippen LogP contribution < -0.4 is 10.3 Å². The van der Waals surface area contributed by atoms with Crippen molar-refractivity contribution in [2.45, 2.75) is 25.5 Å². The first-order valence-electron chi connectivity index (χ1n) is 8.52. The number of aromatic nitrogens is 4. The van der Waals surface area contributed by atoms with Crippen LogP contribution in [0.2, 0.25) is 0 Å². The van der Waals surface area contributed by atoms with E-state index in [9.17, 15) is 4.79 Å². The molecule has 0 radical (unpaired) electrons. The Kier molecular flexibility index (Phi) is 4.23. The molecular formula is C18H21N5O2. The fraction of sp³-hybridized carbons (Fsp3) is 0.389. The van der Waals surface area contributed by atoms with Gasteiger partial charge in [0.05, 0.1) is 6.20 Å². The van der Waals surface area contributed by atoms with E-state index in [0.29, 0.717) is 5.88 Å². The van der Waals surface area contributed by atoms with Crippen molar-refractivity contribution < 1.29 is 4.74 Å². The van der Waals surface area contributed by atoms with Crippen LogP contribution in [0.3, 0.4) is 0 Å². The molecule has 0 N–H and O–H groups in total. The Bertz CT molecular complexity index is 924. The topological polar surface area (TPSA) is 64.7 Å². The number of rotatable bonds is 4. The number of hydrogen-bond donors (Lipinski definition) is 0. The van der Waals surface area contributed by atoms with E-state index < -0.39 is 0 Å². The lowest BCUT2D eigenvalue weighted by molar-refractivity contribution is 0.0933. The molecule has 1 aliphatic rings. The van der Waals surface area contributed by atoms with E-state index in [4.69, 9.17) is 4.74 Å². The summed E-state index contributed by atoms with van der Waals surface area (Å²) in [6.07, 6.45) is 7.50. The molecule has 0 saturated carbocycles. The smallest absolute Gasteiger partial charge is 0.250 e. The first kappa shape index (κ1) is 15.8. The minimum atomic E-state index is 0.0389. The number of hydrogen-bond acceptors (Lipinski definition) is 5. The van der Waals surface area contributed by atoms with Gasteiger partial charge in [0.15, 0.2) is 5.65 Å². The van der Waals surface area contributed by atoms with Crippen molar-refractivity contribution in [2.75, 3.05) is 13.1 Å². The van der Waals surface area contributed by atoms with Gasteiger partial charge in [0.2, 0.25) is 5.88 Å². The van der Waals surface area contributed by atoms with Gasteiger partial charge < -0.3 is 9.30 Å². The normalized spacial score (nSPS) is 16.4. The van der Waals surface area contributed by atoms with E-state index in [1.165, 1.54) is 0 Å². The van der Waals surface area contributed by atoms with E-state index >= 15 is 0 Å². The standard InChI is InChI=1S/C18H21N5O2/c1-21-8-3-14(12-18(21)24)13-22-9-4-15(5-10-22)25-17-6-11-23-16(20-17)2-7-19-23/h2-3,6-8,11-12,15H,4-5,9-10,13H2,1H3. The fourth-order valence-electron chi connectivity index (χ4n) is 3.16. The summed E-state index contributed by atoms with van der Waals surface area (Å²) in [5, 5.41) is 4.14. The Morgan fingerprint density at radius 2 is 2.04 bits per heavy atom. The highest BCUT2D eigenvalue weighted by molar-refractivity contribution is 5.37. The fourth-order valence-corrected chi connectivity index (χ4v) is 3.16. The first-order chi connectivity index (χ1) is 12.2. The second-order valence-corrected chi connectivity index (χ2v) is 6.48. The molecule has 25 heavy (non-hydrogen) atoms. The summed E-state index contributed by atoms with van der Waals surface area (Å²) in [7, 11) is 1.77. The molecule has 0 bridgehead atoms. The zero-order chi connectivity index (χ0) is 17.2. The molecule has 1 aliphatic heterocycles. The largest absolute Gasteiger partial charge is 0.474 e. The number of pyridine rings is 1. The van der Waals surface area contributed by atoms with Gasteiger partial charge in [-0.2, -0.15) is 10.1 Å². The molecule has 1 fully saturated rings. The van der Waals surface area contributed by atoms with Crippen LogP contribution in [0.25, 0.3) is 5.65 Å².